The first-order valence-electron chi connectivity index (χ1n) is 8.76. The highest BCUT2D eigenvalue weighted by molar-refractivity contribution is 5.39. The third-order valence-corrected chi connectivity index (χ3v) is 6.33. The third-order valence-electron chi connectivity index (χ3n) is 6.33. The predicted octanol–water partition coefficient (Wildman–Crippen LogP) is 3.08. The number of aliphatic hydroxyl groups excluding tert-OH is 1. The lowest BCUT2D eigenvalue weighted by Gasteiger charge is -2.58. The van der Waals surface area contributed by atoms with Crippen molar-refractivity contribution in [2.24, 2.45) is 23.2 Å². The fourth-order valence-corrected chi connectivity index (χ4v) is 5.70. The minimum atomic E-state index is -0.261. The summed E-state index contributed by atoms with van der Waals surface area (Å²) in [5.74, 6) is 3.45. The van der Waals surface area contributed by atoms with E-state index in [1.807, 2.05) is 13.8 Å². The fourth-order valence-electron chi connectivity index (χ4n) is 5.70. The number of aliphatic hydroxyl groups is 1. The van der Waals surface area contributed by atoms with Crippen LogP contribution in [0.25, 0.3) is 0 Å². The lowest BCUT2D eigenvalue weighted by Crippen LogP contribution is -2.53. The van der Waals surface area contributed by atoms with E-state index in [-0.39, 0.29) is 11.5 Å². The van der Waals surface area contributed by atoms with Crippen molar-refractivity contribution in [2.75, 3.05) is 11.9 Å². The van der Waals surface area contributed by atoms with Gasteiger partial charge in [0.2, 0.25) is 0 Å². The highest BCUT2D eigenvalue weighted by atomic mass is 16.3. The maximum absolute atomic E-state index is 10.9. The molecule has 0 saturated heterocycles. The molecule has 0 aliphatic heterocycles. The van der Waals surface area contributed by atoms with Crippen molar-refractivity contribution < 1.29 is 5.11 Å². The molecule has 2 N–H and O–H groups in total. The van der Waals surface area contributed by atoms with Gasteiger partial charge in [-0.15, -0.1) is 0 Å². The van der Waals surface area contributed by atoms with Gasteiger partial charge in [0.05, 0.1) is 17.5 Å². The Balaban J connectivity index is 1.46. The largest absolute Gasteiger partial charge is 0.391 e. The molecule has 4 saturated carbocycles. The number of aromatic nitrogens is 2. The highest BCUT2D eigenvalue weighted by Gasteiger charge is 2.53. The predicted molar refractivity (Wildman–Crippen MR) is 86.6 cm³/mol. The molecular formula is C18H27N3O. The van der Waals surface area contributed by atoms with Crippen molar-refractivity contribution in [3.63, 3.8) is 0 Å². The summed E-state index contributed by atoms with van der Waals surface area (Å²) in [4.78, 5) is 8.85. The molecule has 0 unspecified atom stereocenters. The minimum Gasteiger partial charge on any atom is -0.391 e. The Morgan fingerprint density at radius 3 is 2.36 bits per heavy atom. The van der Waals surface area contributed by atoms with E-state index in [1.165, 1.54) is 38.5 Å². The first-order valence-corrected chi connectivity index (χ1v) is 8.76. The van der Waals surface area contributed by atoms with Gasteiger partial charge < -0.3 is 10.4 Å². The van der Waals surface area contributed by atoms with Gasteiger partial charge in [0, 0.05) is 12.7 Å². The van der Waals surface area contributed by atoms with Crippen LogP contribution < -0.4 is 5.32 Å². The molecule has 4 heteroatoms. The molecular weight excluding hydrogens is 274 g/mol. The monoisotopic (exact) mass is 301 g/mol. The van der Waals surface area contributed by atoms with E-state index in [2.05, 4.69) is 15.3 Å². The Morgan fingerprint density at radius 1 is 1.18 bits per heavy atom. The summed E-state index contributed by atoms with van der Waals surface area (Å²) < 4.78 is 0. The van der Waals surface area contributed by atoms with Gasteiger partial charge in [-0.1, -0.05) is 0 Å². The second-order valence-electron chi connectivity index (χ2n) is 8.12. The number of rotatable bonds is 4. The first-order chi connectivity index (χ1) is 10.5. The van der Waals surface area contributed by atoms with Crippen molar-refractivity contribution in [2.45, 2.75) is 58.5 Å². The number of anilines is 1. The van der Waals surface area contributed by atoms with Gasteiger partial charge in [0.1, 0.15) is 5.82 Å². The quantitative estimate of drug-likeness (QED) is 0.897. The van der Waals surface area contributed by atoms with E-state index in [9.17, 15) is 5.11 Å². The smallest absolute Gasteiger partial charge is 0.147 e. The van der Waals surface area contributed by atoms with E-state index in [4.69, 9.17) is 0 Å². The second kappa shape index (κ2) is 5.19. The molecule has 4 bridgehead atoms. The fraction of sp³-hybridized carbons (Fsp3) is 0.778. The minimum absolute atomic E-state index is 0.174. The summed E-state index contributed by atoms with van der Waals surface area (Å²) in [6.45, 7) is 4.52. The van der Waals surface area contributed by atoms with Gasteiger partial charge in [0.25, 0.3) is 0 Å². The van der Waals surface area contributed by atoms with Crippen LogP contribution in [0, 0.1) is 37.0 Å². The SMILES string of the molecule is Cc1cnc(C)c(NC[C@@H](O)C23CC4CC(CC(C4)C2)C3)n1. The summed E-state index contributed by atoms with van der Waals surface area (Å²) in [6.07, 6.45) is 9.49. The molecule has 0 spiro atoms. The Bertz CT molecular complexity index is 536. The molecule has 1 atom stereocenters. The van der Waals surface area contributed by atoms with E-state index >= 15 is 0 Å². The van der Waals surface area contributed by atoms with E-state index < -0.39 is 0 Å². The van der Waals surface area contributed by atoms with Crippen molar-refractivity contribution in [1.29, 1.82) is 0 Å². The number of hydrogen-bond donors (Lipinski definition) is 2. The molecule has 5 rings (SSSR count). The Morgan fingerprint density at radius 2 is 1.77 bits per heavy atom. The highest BCUT2D eigenvalue weighted by Crippen LogP contribution is 2.61. The third kappa shape index (κ3) is 2.41. The number of nitrogens with zero attached hydrogens (tertiary/aromatic N) is 2. The van der Waals surface area contributed by atoms with Crippen molar-refractivity contribution in [3.8, 4) is 0 Å². The van der Waals surface area contributed by atoms with Crippen LogP contribution in [-0.2, 0) is 0 Å². The molecule has 4 fully saturated rings. The van der Waals surface area contributed by atoms with E-state index in [0.717, 1.165) is 35.0 Å². The normalized spacial score (nSPS) is 37.3. The maximum atomic E-state index is 10.9. The summed E-state index contributed by atoms with van der Waals surface area (Å²) in [5.41, 5.74) is 1.99. The molecule has 0 amide bonds. The van der Waals surface area contributed by atoms with Gasteiger partial charge in [-0.2, -0.15) is 0 Å². The van der Waals surface area contributed by atoms with Crippen molar-refractivity contribution in [3.05, 3.63) is 17.6 Å². The van der Waals surface area contributed by atoms with E-state index in [0.29, 0.717) is 6.54 Å². The lowest BCUT2D eigenvalue weighted by atomic mass is 9.48. The lowest BCUT2D eigenvalue weighted by molar-refractivity contribution is -0.115. The standard InChI is InChI=1S/C18H27N3O/c1-11-9-19-12(2)17(21-11)20-10-16(22)18-6-13-3-14(7-18)5-15(4-13)8-18/h9,13-16,22H,3-8,10H2,1-2H3,(H,20,21)/t13?,14?,15?,16-,18?/m1/s1. The average molecular weight is 301 g/mol. The van der Waals surface area contributed by atoms with Crippen LogP contribution in [0.5, 0.6) is 0 Å². The molecule has 22 heavy (non-hydrogen) atoms. The van der Waals surface area contributed by atoms with Crippen LogP contribution in [-0.4, -0.2) is 27.7 Å². The summed E-state index contributed by atoms with van der Waals surface area (Å²) in [5, 5.41) is 14.3. The van der Waals surface area contributed by atoms with Crippen LogP contribution in [0.3, 0.4) is 0 Å². The zero-order valence-electron chi connectivity index (χ0n) is 13.7. The molecule has 0 radical (unpaired) electrons. The Kier molecular flexibility index (Phi) is 3.40. The number of hydrogen-bond acceptors (Lipinski definition) is 4. The van der Waals surface area contributed by atoms with Gasteiger partial charge in [0.15, 0.2) is 0 Å². The summed E-state index contributed by atoms with van der Waals surface area (Å²) in [7, 11) is 0. The van der Waals surface area contributed by atoms with Crippen LogP contribution in [0.1, 0.15) is 49.9 Å². The number of aryl methyl sites for hydroxylation is 2. The molecule has 1 aromatic rings. The van der Waals surface area contributed by atoms with Crippen LogP contribution >= 0.6 is 0 Å². The zero-order valence-corrected chi connectivity index (χ0v) is 13.7. The molecule has 120 valence electrons. The molecule has 0 aromatic carbocycles. The van der Waals surface area contributed by atoms with E-state index in [1.54, 1.807) is 6.20 Å². The maximum Gasteiger partial charge on any atom is 0.147 e. The Hall–Kier alpha value is -1.16. The Labute approximate surface area is 132 Å². The van der Waals surface area contributed by atoms with Gasteiger partial charge in [-0.25, -0.2) is 4.98 Å². The summed E-state index contributed by atoms with van der Waals surface area (Å²) in [6, 6.07) is 0. The molecule has 4 aliphatic rings. The van der Waals surface area contributed by atoms with Gasteiger partial charge in [-0.3, -0.25) is 4.98 Å². The molecule has 4 nitrogen and oxygen atoms in total. The molecule has 1 aromatic heterocycles. The first kappa shape index (κ1) is 14.4. The number of nitrogens with one attached hydrogen (secondary N) is 1. The van der Waals surface area contributed by atoms with Gasteiger partial charge >= 0.3 is 0 Å². The van der Waals surface area contributed by atoms with Crippen LogP contribution in [0.2, 0.25) is 0 Å². The molecule has 1 heterocycles. The van der Waals surface area contributed by atoms with Crippen LogP contribution in [0.15, 0.2) is 6.20 Å². The van der Waals surface area contributed by atoms with Crippen molar-refractivity contribution in [1.82, 2.24) is 9.97 Å². The zero-order chi connectivity index (χ0) is 15.3. The van der Waals surface area contributed by atoms with Crippen LogP contribution in [0.4, 0.5) is 5.82 Å². The second-order valence-corrected chi connectivity index (χ2v) is 8.12. The van der Waals surface area contributed by atoms with Crippen molar-refractivity contribution >= 4 is 5.82 Å². The van der Waals surface area contributed by atoms with Gasteiger partial charge in [-0.05, 0) is 75.5 Å². The summed E-state index contributed by atoms with van der Waals surface area (Å²) >= 11 is 0. The molecule has 4 aliphatic carbocycles. The average Bonchev–Trinajstić information content (AvgIpc) is 2.46. The topological polar surface area (TPSA) is 58.0 Å².